The molecule has 0 aromatic carbocycles. The minimum Gasteiger partial charge on any atom is -0.444 e. The minimum atomic E-state index is -0.486. The number of ether oxygens (including phenoxy) is 3. The van der Waals surface area contributed by atoms with E-state index in [1.165, 1.54) is 0 Å². The summed E-state index contributed by atoms with van der Waals surface area (Å²) in [6.45, 7) is 7.50. The number of carbonyl (C=O) groups is 1. The molecule has 3 aliphatic heterocycles. The van der Waals surface area contributed by atoms with Crippen molar-refractivity contribution in [2.75, 3.05) is 19.7 Å². The average molecular weight is 332 g/mol. The molecular formula is C18H24N2O4. The van der Waals surface area contributed by atoms with E-state index in [2.05, 4.69) is 11.1 Å². The first-order chi connectivity index (χ1) is 11.4. The van der Waals surface area contributed by atoms with Crippen LogP contribution in [0.25, 0.3) is 0 Å². The molecule has 1 aromatic rings. The highest BCUT2D eigenvalue weighted by Gasteiger charge is 2.65. The van der Waals surface area contributed by atoms with Gasteiger partial charge in [-0.05, 0) is 39.3 Å². The van der Waals surface area contributed by atoms with Gasteiger partial charge in [0.05, 0.1) is 12.0 Å². The van der Waals surface area contributed by atoms with Gasteiger partial charge in [0.25, 0.3) is 0 Å². The van der Waals surface area contributed by atoms with E-state index in [4.69, 9.17) is 14.2 Å². The van der Waals surface area contributed by atoms with Crippen LogP contribution in [-0.2, 0) is 19.6 Å². The Hall–Kier alpha value is -1.66. The highest BCUT2D eigenvalue weighted by molar-refractivity contribution is 5.68. The van der Waals surface area contributed by atoms with Crippen molar-refractivity contribution >= 4 is 6.09 Å². The predicted molar refractivity (Wildman–Crippen MR) is 86.4 cm³/mol. The second-order valence-electron chi connectivity index (χ2n) is 7.89. The lowest BCUT2D eigenvalue weighted by atomic mass is 9.64. The molecule has 0 radical (unpaired) electrons. The Bertz CT molecular complexity index is 630. The van der Waals surface area contributed by atoms with E-state index in [1.54, 1.807) is 4.90 Å². The molecule has 3 fully saturated rings. The third kappa shape index (κ3) is 2.58. The number of rotatable bonds is 1. The van der Waals surface area contributed by atoms with E-state index < -0.39 is 5.60 Å². The van der Waals surface area contributed by atoms with E-state index in [1.807, 2.05) is 39.1 Å². The van der Waals surface area contributed by atoms with Crippen LogP contribution in [0.1, 0.15) is 32.9 Å². The number of nitrogens with zero attached hydrogens (tertiary/aromatic N) is 2. The Morgan fingerprint density at radius 3 is 2.96 bits per heavy atom. The molecule has 0 spiro atoms. The molecule has 4 atom stereocenters. The van der Waals surface area contributed by atoms with Crippen molar-refractivity contribution in [2.45, 2.75) is 50.6 Å². The molecule has 3 saturated heterocycles. The number of pyridine rings is 1. The van der Waals surface area contributed by atoms with E-state index in [-0.39, 0.29) is 29.8 Å². The zero-order chi connectivity index (χ0) is 16.9. The van der Waals surface area contributed by atoms with Gasteiger partial charge in [0.15, 0.2) is 6.29 Å². The molecule has 0 N–H and O–H groups in total. The summed E-state index contributed by atoms with van der Waals surface area (Å²) in [7, 11) is 0. The van der Waals surface area contributed by atoms with Gasteiger partial charge >= 0.3 is 6.09 Å². The molecule has 1 aromatic heterocycles. The van der Waals surface area contributed by atoms with Crippen LogP contribution < -0.4 is 0 Å². The molecule has 0 saturated carbocycles. The molecule has 0 bridgehead atoms. The van der Waals surface area contributed by atoms with E-state index in [0.717, 1.165) is 12.1 Å². The Balaban J connectivity index is 1.58. The first-order valence-electron chi connectivity index (χ1n) is 8.57. The average Bonchev–Trinajstić information content (AvgIpc) is 3.34. The molecule has 1 amide bonds. The monoisotopic (exact) mass is 332 g/mol. The fourth-order valence-electron chi connectivity index (χ4n) is 4.03. The lowest BCUT2D eigenvalue weighted by Crippen LogP contribution is -2.58. The highest BCUT2D eigenvalue weighted by Crippen LogP contribution is 2.54. The second kappa shape index (κ2) is 5.43. The number of fused-ring (bicyclic) bond motifs is 3. The first-order valence-corrected chi connectivity index (χ1v) is 8.57. The Kier molecular flexibility index (Phi) is 3.58. The zero-order valence-corrected chi connectivity index (χ0v) is 14.4. The fourth-order valence-corrected chi connectivity index (χ4v) is 4.03. The second-order valence-corrected chi connectivity index (χ2v) is 7.89. The molecule has 4 unspecified atom stereocenters. The zero-order valence-electron chi connectivity index (χ0n) is 14.4. The van der Waals surface area contributed by atoms with Crippen molar-refractivity contribution in [3.8, 4) is 0 Å². The van der Waals surface area contributed by atoms with Crippen molar-refractivity contribution in [2.24, 2.45) is 5.92 Å². The van der Waals surface area contributed by atoms with Crippen molar-refractivity contribution in [3.05, 3.63) is 30.1 Å². The van der Waals surface area contributed by atoms with Gasteiger partial charge in [-0.3, -0.25) is 4.98 Å². The normalized spacial score (nSPS) is 35.0. The van der Waals surface area contributed by atoms with Crippen molar-refractivity contribution < 1.29 is 19.0 Å². The summed E-state index contributed by atoms with van der Waals surface area (Å²) in [5, 5.41) is 0. The third-order valence-electron chi connectivity index (χ3n) is 5.18. The molecular weight excluding hydrogens is 308 g/mol. The Labute approximate surface area is 142 Å². The van der Waals surface area contributed by atoms with Gasteiger partial charge in [-0.2, -0.15) is 0 Å². The predicted octanol–water partition coefficient (Wildman–Crippen LogP) is 2.33. The topological polar surface area (TPSA) is 64.2 Å². The van der Waals surface area contributed by atoms with Crippen LogP contribution in [0.2, 0.25) is 0 Å². The van der Waals surface area contributed by atoms with Gasteiger partial charge in [0.2, 0.25) is 0 Å². The van der Waals surface area contributed by atoms with E-state index in [9.17, 15) is 4.79 Å². The largest absolute Gasteiger partial charge is 0.444 e. The van der Waals surface area contributed by atoms with Crippen molar-refractivity contribution in [1.82, 2.24) is 9.88 Å². The maximum Gasteiger partial charge on any atom is 0.410 e. The maximum absolute atomic E-state index is 12.4. The van der Waals surface area contributed by atoms with Crippen molar-refractivity contribution in [3.63, 3.8) is 0 Å². The lowest BCUT2D eigenvalue weighted by molar-refractivity contribution is -0.0465. The van der Waals surface area contributed by atoms with E-state index >= 15 is 0 Å². The smallest absolute Gasteiger partial charge is 0.410 e. The molecule has 0 aliphatic carbocycles. The summed E-state index contributed by atoms with van der Waals surface area (Å²) in [5.41, 5.74) is 0.401. The van der Waals surface area contributed by atoms with Crippen LogP contribution in [0.15, 0.2) is 24.4 Å². The third-order valence-corrected chi connectivity index (χ3v) is 5.18. The van der Waals surface area contributed by atoms with E-state index in [0.29, 0.717) is 19.7 Å². The number of piperidine rings is 1. The number of epoxide rings is 1. The van der Waals surface area contributed by atoms with Crippen LogP contribution >= 0.6 is 0 Å². The number of carbonyl (C=O) groups excluding carboxylic acids is 1. The molecule has 4 rings (SSSR count). The van der Waals surface area contributed by atoms with Crippen LogP contribution in [-0.4, -0.2) is 53.7 Å². The molecule has 6 nitrogen and oxygen atoms in total. The number of likely N-dealkylation sites (tertiary alicyclic amines) is 1. The molecule has 24 heavy (non-hydrogen) atoms. The maximum atomic E-state index is 12.4. The lowest BCUT2D eigenvalue weighted by Gasteiger charge is -2.48. The highest BCUT2D eigenvalue weighted by atomic mass is 16.8. The van der Waals surface area contributed by atoms with Crippen LogP contribution in [0.5, 0.6) is 0 Å². The first kappa shape index (κ1) is 15.8. The summed E-state index contributed by atoms with van der Waals surface area (Å²) in [6.07, 6.45) is 2.33. The quantitative estimate of drug-likeness (QED) is 0.739. The van der Waals surface area contributed by atoms with Crippen LogP contribution in [0, 0.1) is 5.92 Å². The minimum absolute atomic E-state index is 0.0481. The summed E-state index contributed by atoms with van der Waals surface area (Å²) in [6, 6.07) is 6.01. The summed E-state index contributed by atoms with van der Waals surface area (Å²) in [5.74, 6) is 0.164. The Morgan fingerprint density at radius 1 is 1.42 bits per heavy atom. The molecule has 3 aliphatic rings. The van der Waals surface area contributed by atoms with Gasteiger partial charge in [0, 0.05) is 30.9 Å². The van der Waals surface area contributed by atoms with Crippen LogP contribution in [0.3, 0.4) is 0 Å². The molecule has 4 heterocycles. The van der Waals surface area contributed by atoms with Gasteiger partial charge in [-0.15, -0.1) is 0 Å². The fraction of sp³-hybridized carbons (Fsp3) is 0.667. The standard InChI is InChI=1S/C18H24N2O4/c1-17(2,3)24-16(21)20-9-7-18(13-6-4-5-8-19-13)12(10-20)11-22-15-14(18)23-15/h4-6,8,12,14-15H,7,9-11H2,1-3H3. The number of hydrogen-bond donors (Lipinski definition) is 0. The number of hydrogen-bond acceptors (Lipinski definition) is 5. The van der Waals surface area contributed by atoms with Crippen LogP contribution in [0.4, 0.5) is 4.79 Å². The van der Waals surface area contributed by atoms with Crippen molar-refractivity contribution in [1.29, 1.82) is 0 Å². The number of aromatic nitrogens is 1. The van der Waals surface area contributed by atoms with Gasteiger partial charge in [0.1, 0.15) is 11.7 Å². The number of amides is 1. The summed E-state index contributed by atoms with van der Waals surface area (Å²) < 4.78 is 17.1. The molecule has 6 heteroatoms. The Morgan fingerprint density at radius 2 is 2.25 bits per heavy atom. The SMILES string of the molecule is CC(C)(C)OC(=O)N1CCC2(c3ccccn3)C(COC3OC32)C1. The summed E-state index contributed by atoms with van der Waals surface area (Å²) in [4.78, 5) is 18.8. The summed E-state index contributed by atoms with van der Waals surface area (Å²) >= 11 is 0. The van der Waals surface area contributed by atoms with Gasteiger partial charge in [-0.25, -0.2) is 4.79 Å². The molecule has 130 valence electrons. The van der Waals surface area contributed by atoms with Gasteiger partial charge < -0.3 is 19.1 Å². The van der Waals surface area contributed by atoms with Gasteiger partial charge in [-0.1, -0.05) is 6.07 Å².